The van der Waals surface area contributed by atoms with Gasteiger partial charge in [-0.3, -0.25) is 4.79 Å². The highest BCUT2D eigenvalue weighted by Gasteiger charge is 2.67. The molecule has 4 atom stereocenters. The fourth-order valence-corrected chi connectivity index (χ4v) is 6.07. The molecular weight excluding hydrogens is 411 g/mol. The van der Waals surface area contributed by atoms with Crippen LogP contribution in [0.1, 0.15) is 25.3 Å². The molecule has 1 aliphatic carbocycles. The molecule has 0 amide bonds. The summed E-state index contributed by atoms with van der Waals surface area (Å²) in [5.41, 5.74) is 6.35. The van der Waals surface area contributed by atoms with E-state index in [-0.39, 0.29) is 29.4 Å². The smallest absolute Gasteiger partial charge is 0.148 e. The van der Waals surface area contributed by atoms with Gasteiger partial charge in [0.15, 0.2) is 0 Å². The van der Waals surface area contributed by atoms with Crippen molar-refractivity contribution in [2.75, 3.05) is 25.5 Å². The molecule has 5 rings (SSSR count). The summed E-state index contributed by atoms with van der Waals surface area (Å²) in [7, 11) is 2.42. The van der Waals surface area contributed by atoms with E-state index in [0.29, 0.717) is 12.0 Å². The first kappa shape index (κ1) is 16.3. The van der Waals surface area contributed by atoms with Gasteiger partial charge < -0.3 is 33.8 Å². The van der Waals surface area contributed by atoms with Crippen molar-refractivity contribution >= 4 is 12.0 Å². The normalized spacial score (nSPS) is 39.8. The molecule has 1 aromatic rings. The van der Waals surface area contributed by atoms with Crippen LogP contribution in [0, 0.1) is 5.92 Å². The maximum atomic E-state index is 12.0. The fraction of sp³-hybridized carbons (Fsp3) is 0.450. The van der Waals surface area contributed by atoms with Gasteiger partial charge >= 0.3 is 0 Å². The summed E-state index contributed by atoms with van der Waals surface area (Å²) in [4.78, 5) is 12.0. The van der Waals surface area contributed by atoms with Crippen LogP contribution >= 0.6 is 0 Å². The van der Waals surface area contributed by atoms with E-state index in [2.05, 4.69) is 49.6 Å². The Morgan fingerprint density at radius 1 is 1.33 bits per heavy atom. The Kier molecular flexibility index (Phi) is 3.52. The number of para-hydroxylation sites is 1. The number of halogens is 1. The Balaban J connectivity index is 0.00000146. The third-order valence-electron chi connectivity index (χ3n) is 7.06. The molecule has 4 heteroatoms. The van der Waals surface area contributed by atoms with Gasteiger partial charge in [0.2, 0.25) is 0 Å². The molecule has 1 aromatic carbocycles. The number of nitrogens with zero attached hydrogens (tertiary/aromatic N) is 1. The van der Waals surface area contributed by atoms with E-state index < -0.39 is 0 Å². The van der Waals surface area contributed by atoms with Crippen molar-refractivity contribution in [1.82, 2.24) is 0 Å². The molecule has 0 saturated carbocycles. The lowest BCUT2D eigenvalue weighted by Gasteiger charge is -2.51. The number of rotatable bonds is 1. The maximum Gasteiger partial charge on any atom is 0.148 e. The van der Waals surface area contributed by atoms with Gasteiger partial charge in [0.05, 0.1) is 19.0 Å². The number of aldehydes is 1. The Bertz CT molecular complexity index is 799. The van der Waals surface area contributed by atoms with Gasteiger partial charge in [-0.25, -0.2) is 0 Å². The van der Waals surface area contributed by atoms with Crippen LogP contribution in [0.5, 0.6) is 0 Å². The molecule has 24 heavy (non-hydrogen) atoms. The third-order valence-corrected chi connectivity index (χ3v) is 7.06. The van der Waals surface area contributed by atoms with Crippen molar-refractivity contribution < 1.29 is 33.3 Å². The number of hydrogen-bond acceptors (Lipinski definition) is 2. The van der Waals surface area contributed by atoms with Crippen LogP contribution in [0.25, 0.3) is 0 Å². The zero-order chi connectivity index (χ0) is 15.8. The van der Waals surface area contributed by atoms with Gasteiger partial charge in [-0.1, -0.05) is 24.3 Å². The minimum atomic E-state index is 0. The number of anilines is 1. The van der Waals surface area contributed by atoms with Gasteiger partial charge in [0.1, 0.15) is 18.9 Å². The predicted octanol–water partition coefficient (Wildman–Crippen LogP) is 0.00560. The summed E-state index contributed by atoms with van der Waals surface area (Å²) in [5, 5.41) is 3.66. The van der Waals surface area contributed by atoms with E-state index in [9.17, 15) is 4.79 Å². The first-order chi connectivity index (χ1) is 11.1. The number of allylic oxidation sites excluding steroid dienone is 2. The summed E-state index contributed by atoms with van der Waals surface area (Å²) in [6.07, 6.45) is 5.65. The first-order valence-electron chi connectivity index (χ1n) is 8.70. The molecule has 0 radical (unpaired) electrons. The molecule has 1 spiro atoms. The number of likely N-dealkylation sites (N-methyl/N-ethyl adjacent to an activating group) is 1. The predicted molar refractivity (Wildman–Crippen MR) is 91.0 cm³/mol. The molecule has 4 unspecified atom stereocenters. The van der Waals surface area contributed by atoms with Crippen LogP contribution in [-0.4, -0.2) is 36.9 Å². The second-order valence-corrected chi connectivity index (χ2v) is 7.87. The quantitative estimate of drug-likeness (QED) is 0.292. The van der Waals surface area contributed by atoms with Gasteiger partial charge in [-0.15, -0.1) is 0 Å². The Morgan fingerprint density at radius 2 is 2.12 bits per heavy atom. The number of benzene rings is 1. The third kappa shape index (κ3) is 1.69. The largest absolute Gasteiger partial charge is 1.00 e. The zero-order valence-corrected chi connectivity index (χ0v) is 16.3. The zero-order valence-electron chi connectivity index (χ0n) is 14.2. The second kappa shape index (κ2) is 5.18. The van der Waals surface area contributed by atoms with Crippen molar-refractivity contribution in [3.8, 4) is 0 Å². The van der Waals surface area contributed by atoms with Crippen LogP contribution in [0.3, 0.4) is 0 Å². The van der Waals surface area contributed by atoms with Crippen LogP contribution in [-0.2, 0) is 10.2 Å². The lowest BCUT2D eigenvalue weighted by atomic mass is 9.61. The van der Waals surface area contributed by atoms with Crippen LogP contribution < -0.4 is 29.3 Å². The van der Waals surface area contributed by atoms with Crippen LogP contribution in [0.4, 0.5) is 5.69 Å². The fourth-order valence-electron chi connectivity index (χ4n) is 6.07. The summed E-state index contributed by atoms with van der Waals surface area (Å²) in [5.74, 6) is 0.316. The summed E-state index contributed by atoms with van der Waals surface area (Å²) < 4.78 is 1.13. The van der Waals surface area contributed by atoms with E-state index in [0.717, 1.165) is 35.7 Å². The molecule has 1 N–H and O–H groups in total. The highest BCUT2D eigenvalue weighted by Crippen LogP contribution is 2.62. The number of carbonyl (C=O) groups is 1. The van der Waals surface area contributed by atoms with E-state index >= 15 is 0 Å². The van der Waals surface area contributed by atoms with Crippen LogP contribution in [0.15, 0.2) is 47.2 Å². The van der Waals surface area contributed by atoms with E-state index in [1.807, 2.05) is 0 Å². The molecule has 126 valence electrons. The highest BCUT2D eigenvalue weighted by molar-refractivity contribution is 5.84. The number of nitrogens with one attached hydrogen (secondary N) is 1. The molecule has 2 bridgehead atoms. The van der Waals surface area contributed by atoms with Crippen molar-refractivity contribution in [3.63, 3.8) is 0 Å². The van der Waals surface area contributed by atoms with Crippen molar-refractivity contribution in [2.24, 2.45) is 5.92 Å². The number of fused-ring (bicyclic) bond motifs is 2. The Morgan fingerprint density at radius 3 is 2.88 bits per heavy atom. The molecule has 4 aliphatic rings. The van der Waals surface area contributed by atoms with Crippen molar-refractivity contribution in [1.29, 1.82) is 0 Å². The number of hydrogen-bond donors (Lipinski definition) is 1. The van der Waals surface area contributed by atoms with Crippen LogP contribution in [0.2, 0.25) is 0 Å². The van der Waals surface area contributed by atoms with E-state index in [1.165, 1.54) is 29.1 Å². The average molecular weight is 434 g/mol. The van der Waals surface area contributed by atoms with Gasteiger partial charge in [-0.2, -0.15) is 0 Å². The lowest BCUT2D eigenvalue weighted by molar-refractivity contribution is -0.923. The van der Waals surface area contributed by atoms with E-state index in [4.69, 9.17) is 0 Å². The number of carbonyl (C=O) groups excluding carboxylic acids is 1. The van der Waals surface area contributed by atoms with Gasteiger partial charge in [-0.05, 0) is 24.1 Å². The molecule has 0 aromatic heterocycles. The molecular formula is C20H23IN2O. The minimum absolute atomic E-state index is 0. The second-order valence-electron chi connectivity index (χ2n) is 7.87. The first-order valence-corrected chi connectivity index (χ1v) is 8.70. The molecule has 2 fully saturated rings. The van der Waals surface area contributed by atoms with Crippen molar-refractivity contribution in [2.45, 2.75) is 31.2 Å². The highest BCUT2D eigenvalue weighted by atomic mass is 127. The molecule has 3 nitrogen and oxygen atoms in total. The standard InChI is InChI=1S/C20H22N2O.HI/c1-3-13-11-22(2)9-8-20-16-6-4-5-7-17(16)21-19(20)15(12-23)14(13)10-18(20)22;/h3-7,12,14,18H,8-11H2,1-2H3;1H. The Labute approximate surface area is 160 Å². The molecule has 3 aliphatic heterocycles. The van der Waals surface area contributed by atoms with Gasteiger partial charge in [0, 0.05) is 35.7 Å². The summed E-state index contributed by atoms with van der Waals surface area (Å²) >= 11 is 0. The van der Waals surface area contributed by atoms with Crippen molar-refractivity contribution in [3.05, 3.63) is 52.7 Å². The average Bonchev–Trinajstić information content (AvgIpc) is 3.08. The monoisotopic (exact) mass is 434 g/mol. The molecule has 3 heterocycles. The lowest BCUT2D eigenvalue weighted by Crippen LogP contribution is -3.00. The maximum absolute atomic E-state index is 12.0. The SMILES string of the molecule is CC=C1C[N+]2(C)CCC34C(=C(C=O)C1CC32)Nc1ccccc14.[I-]. The van der Waals surface area contributed by atoms with Gasteiger partial charge in [0.25, 0.3) is 0 Å². The Hall–Kier alpha value is -1.14. The number of piperidine rings is 1. The summed E-state index contributed by atoms with van der Waals surface area (Å²) in [6, 6.07) is 9.27. The topological polar surface area (TPSA) is 29.1 Å². The summed E-state index contributed by atoms with van der Waals surface area (Å²) in [6.45, 7) is 4.42. The number of quaternary nitrogens is 1. The van der Waals surface area contributed by atoms with E-state index in [1.54, 1.807) is 0 Å². The molecule has 2 saturated heterocycles. The minimum Gasteiger partial charge on any atom is -1.00 e.